The highest BCUT2D eigenvalue weighted by Gasteiger charge is 2.41. The van der Waals surface area contributed by atoms with Gasteiger partial charge < -0.3 is 10.1 Å². The molecule has 1 amide bonds. The van der Waals surface area contributed by atoms with E-state index in [1.165, 1.54) is 6.92 Å². The third kappa shape index (κ3) is 3.87. The van der Waals surface area contributed by atoms with Gasteiger partial charge in [0.25, 0.3) is 5.91 Å². The molecule has 0 aliphatic heterocycles. The number of benzene rings is 1. The van der Waals surface area contributed by atoms with Gasteiger partial charge in [0.15, 0.2) is 6.10 Å². The van der Waals surface area contributed by atoms with E-state index in [1.807, 2.05) is 6.92 Å². The van der Waals surface area contributed by atoms with Gasteiger partial charge in [-0.05, 0) is 37.5 Å². The Morgan fingerprint density at radius 1 is 1.30 bits per heavy atom. The molecule has 2 rings (SSSR count). The second-order valence-electron chi connectivity index (χ2n) is 5.05. The molecule has 3 atom stereocenters. The van der Waals surface area contributed by atoms with Crippen LogP contribution in [0.3, 0.4) is 0 Å². The number of halogens is 2. The first kappa shape index (κ1) is 15.1. The molecule has 1 saturated carbocycles. The number of nitrogens with one attached hydrogen (secondary N) is 1. The number of amides is 1. The Hall–Kier alpha value is -1.26. The van der Waals surface area contributed by atoms with Crippen molar-refractivity contribution in [1.29, 1.82) is 0 Å². The Bertz CT molecular complexity index is 527. The van der Waals surface area contributed by atoms with Gasteiger partial charge >= 0.3 is 5.97 Å². The number of hydrogen-bond acceptors (Lipinski definition) is 3. The smallest absolute Gasteiger partial charge is 0.309 e. The zero-order chi connectivity index (χ0) is 14.9. The maximum Gasteiger partial charge on any atom is 0.309 e. The molecular formula is C14H15Cl2NO3. The van der Waals surface area contributed by atoms with Crippen LogP contribution in [0.2, 0.25) is 10.0 Å². The van der Waals surface area contributed by atoms with Crippen LogP contribution in [0, 0.1) is 11.8 Å². The standard InChI is InChI=1S/C14H15Cl2NO3/c1-7-3-12(7)14(19)20-8(2)13(18)17-11-5-9(15)4-10(16)6-11/h4-8,12H,3H2,1-2H3,(H,17,18)/t7-,8+,12+/m0/s1. The third-order valence-electron chi connectivity index (χ3n) is 3.20. The second-order valence-corrected chi connectivity index (χ2v) is 5.92. The highest BCUT2D eigenvalue weighted by Crippen LogP contribution is 2.38. The summed E-state index contributed by atoms with van der Waals surface area (Å²) in [7, 11) is 0. The van der Waals surface area contributed by atoms with Crippen molar-refractivity contribution in [2.45, 2.75) is 26.4 Å². The number of carbonyl (C=O) groups excluding carboxylic acids is 2. The molecule has 1 aliphatic carbocycles. The van der Waals surface area contributed by atoms with E-state index >= 15 is 0 Å². The monoisotopic (exact) mass is 315 g/mol. The number of rotatable bonds is 4. The van der Waals surface area contributed by atoms with Crippen LogP contribution in [0.25, 0.3) is 0 Å². The molecule has 6 heteroatoms. The van der Waals surface area contributed by atoms with Crippen molar-refractivity contribution in [1.82, 2.24) is 0 Å². The van der Waals surface area contributed by atoms with Crippen LogP contribution >= 0.6 is 23.2 Å². The zero-order valence-electron chi connectivity index (χ0n) is 11.2. The number of hydrogen-bond donors (Lipinski definition) is 1. The molecule has 0 heterocycles. The molecule has 1 aromatic carbocycles. The normalized spacial score (nSPS) is 22.0. The molecule has 0 aromatic heterocycles. The van der Waals surface area contributed by atoms with Gasteiger partial charge in [0.2, 0.25) is 0 Å². The fraction of sp³-hybridized carbons (Fsp3) is 0.429. The summed E-state index contributed by atoms with van der Waals surface area (Å²) in [5, 5.41) is 3.46. The molecule has 0 spiro atoms. The number of ether oxygens (including phenoxy) is 1. The molecule has 4 nitrogen and oxygen atoms in total. The van der Waals surface area contributed by atoms with Crippen LogP contribution < -0.4 is 5.32 Å². The lowest BCUT2D eigenvalue weighted by Crippen LogP contribution is -2.30. The van der Waals surface area contributed by atoms with Crippen molar-refractivity contribution >= 4 is 40.8 Å². The van der Waals surface area contributed by atoms with Crippen LogP contribution in [0.15, 0.2) is 18.2 Å². The van der Waals surface area contributed by atoms with E-state index in [2.05, 4.69) is 5.32 Å². The summed E-state index contributed by atoms with van der Waals surface area (Å²) >= 11 is 11.7. The van der Waals surface area contributed by atoms with Gasteiger partial charge in [0.1, 0.15) is 0 Å². The lowest BCUT2D eigenvalue weighted by molar-refractivity contribution is -0.154. The van der Waals surface area contributed by atoms with E-state index in [-0.39, 0.29) is 11.9 Å². The topological polar surface area (TPSA) is 55.4 Å². The molecular weight excluding hydrogens is 301 g/mol. The highest BCUT2D eigenvalue weighted by molar-refractivity contribution is 6.35. The maximum atomic E-state index is 11.9. The maximum absolute atomic E-state index is 11.9. The molecule has 0 bridgehead atoms. The molecule has 0 saturated heterocycles. The average molecular weight is 316 g/mol. The van der Waals surface area contributed by atoms with E-state index in [1.54, 1.807) is 18.2 Å². The summed E-state index contributed by atoms with van der Waals surface area (Å²) in [6, 6.07) is 4.71. The Labute approximate surface area is 127 Å². The largest absolute Gasteiger partial charge is 0.452 e. The molecule has 1 aromatic rings. The van der Waals surface area contributed by atoms with Crippen molar-refractivity contribution in [3.63, 3.8) is 0 Å². The number of esters is 1. The highest BCUT2D eigenvalue weighted by atomic mass is 35.5. The van der Waals surface area contributed by atoms with Crippen molar-refractivity contribution in [3.8, 4) is 0 Å². The summed E-state index contributed by atoms with van der Waals surface area (Å²) in [5.74, 6) is -0.440. The fourth-order valence-electron chi connectivity index (χ4n) is 1.84. The summed E-state index contributed by atoms with van der Waals surface area (Å²) in [6.45, 7) is 3.51. The Morgan fingerprint density at radius 3 is 2.35 bits per heavy atom. The van der Waals surface area contributed by atoms with Gasteiger partial charge in [0, 0.05) is 15.7 Å². The first-order valence-electron chi connectivity index (χ1n) is 6.34. The van der Waals surface area contributed by atoms with Gasteiger partial charge in [0.05, 0.1) is 5.92 Å². The van der Waals surface area contributed by atoms with Crippen molar-refractivity contribution < 1.29 is 14.3 Å². The summed E-state index contributed by atoms with van der Waals surface area (Å²) in [6.07, 6.45) is -0.0232. The quantitative estimate of drug-likeness (QED) is 0.865. The van der Waals surface area contributed by atoms with E-state index in [0.717, 1.165) is 6.42 Å². The first-order chi connectivity index (χ1) is 9.36. The molecule has 20 heavy (non-hydrogen) atoms. The van der Waals surface area contributed by atoms with Crippen LogP contribution in [0.4, 0.5) is 5.69 Å². The lowest BCUT2D eigenvalue weighted by Gasteiger charge is -2.13. The molecule has 0 radical (unpaired) electrons. The van der Waals surface area contributed by atoms with Crippen molar-refractivity contribution in [3.05, 3.63) is 28.2 Å². The first-order valence-corrected chi connectivity index (χ1v) is 7.10. The minimum absolute atomic E-state index is 0.0640. The Kier molecular flexibility index (Phi) is 4.55. The molecule has 1 fully saturated rings. The summed E-state index contributed by atoms with van der Waals surface area (Å²) in [5.41, 5.74) is 0.468. The second kappa shape index (κ2) is 6.02. The van der Waals surface area contributed by atoms with E-state index in [4.69, 9.17) is 27.9 Å². The molecule has 1 N–H and O–H groups in total. The van der Waals surface area contributed by atoms with Gasteiger partial charge in [-0.2, -0.15) is 0 Å². The van der Waals surface area contributed by atoms with Crippen LogP contribution in [-0.4, -0.2) is 18.0 Å². The average Bonchev–Trinajstić information content (AvgIpc) is 3.04. The van der Waals surface area contributed by atoms with Crippen LogP contribution in [0.5, 0.6) is 0 Å². The zero-order valence-corrected chi connectivity index (χ0v) is 12.7. The summed E-state index contributed by atoms with van der Waals surface area (Å²) in [4.78, 5) is 23.6. The predicted molar refractivity (Wildman–Crippen MR) is 77.9 cm³/mol. The fourth-order valence-corrected chi connectivity index (χ4v) is 2.36. The Morgan fingerprint density at radius 2 is 1.85 bits per heavy atom. The van der Waals surface area contributed by atoms with E-state index < -0.39 is 12.0 Å². The summed E-state index contributed by atoms with van der Waals surface area (Å²) < 4.78 is 5.12. The number of anilines is 1. The lowest BCUT2D eigenvalue weighted by atomic mass is 10.3. The van der Waals surface area contributed by atoms with Crippen molar-refractivity contribution in [2.24, 2.45) is 11.8 Å². The van der Waals surface area contributed by atoms with Gasteiger partial charge in [-0.15, -0.1) is 0 Å². The van der Waals surface area contributed by atoms with Crippen molar-refractivity contribution in [2.75, 3.05) is 5.32 Å². The van der Waals surface area contributed by atoms with Gasteiger partial charge in [-0.1, -0.05) is 30.1 Å². The minimum Gasteiger partial charge on any atom is -0.452 e. The van der Waals surface area contributed by atoms with Crippen LogP contribution in [0.1, 0.15) is 20.3 Å². The SMILES string of the molecule is C[C@@H](OC(=O)[C@@H]1C[C@@H]1C)C(=O)Nc1cc(Cl)cc(Cl)c1. The molecule has 1 aliphatic rings. The van der Waals surface area contributed by atoms with E-state index in [9.17, 15) is 9.59 Å². The van der Waals surface area contributed by atoms with E-state index in [0.29, 0.717) is 21.7 Å². The minimum atomic E-state index is -0.854. The van der Waals surface area contributed by atoms with Crippen LogP contribution in [-0.2, 0) is 14.3 Å². The molecule has 108 valence electrons. The predicted octanol–water partition coefficient (Wildman–Crippen LogP) is 3.52. The number of carbonyl (C=O) groups is 2. The third-order valence-corrected chi connectivity index (χ3v) is 3.64. The van der Waals surface area contributed by atoms with Gasteiger partial charge in [-0.25, -0.2) is 0 Å². The Balaban J connectivity index is 1.91. The molecule has 0 unspecified atom stereocenters. The van der Waals surface area contributed by atoms with Gasteiger partial charge in [-0.3, -0.25) is 9.59 Å².